The van der Waals surface area contributed by atoms with Crippen LogP contribution in [0.15, 0.2) is 61.1 Å². The number of ketones is 1. The van der Waals surface area contributed by atoms with E-state index < -0.39 is 6.61 Å². The van der Waals surface area contributed by atoms with Gasteiger partial charge in [-0.05, 0) is 42.2 Å². The normalized spacial score (nSPS) is 15.1. The van der Waals surface area contributed by atoms with Crippen LogP contribution in [0, 0.1) is 0 Å². The SMILES string of the molecule is Cn1cc(C(CC(=O)c2ccc3cnc(NC4CCOCC4)nc3c2)c2ccc(OC(F)F)cc2)cn1. The van der Waals surface area contributed by atoms with Crippen molar-refractivity contribution < 1.29 is 23.0 Å². The molecule has 0 amide bonds. The first-order chi connectivity index (χ1) is 17.9. The predicted molar refractivity (Wildman–Crippen MR) is 134 cm³/mol. The molecular weight excluding hydrogens is 480 g/mol. The Labute approximate surface area is 212 Å². The van der Waals surface area contributed by atoms with Gasteiger partial charge in [0, 0.05) is 62.0 Å². The van der Waals surface area contributed by atoms with Gasteiger partial charge >= 0.3 is 6.61 Å². The Bertz CT molecular complexity index is 1370. The number of halogens is 2. The highest BCUT2D eigenvalue weighted by Gasteiger charge is 2.22. The van der Waals surface area contributed by atoms with Crippen LogP contribution in [0.3, 0.4) is 0 Å². The maximum absolute atomic E-state index is 13.4. The zero-order chi connectivity index (χ0) is 25.8. The first-order valence-electron chi connectivity index (χ1n) is 12.1. The molecule has 1 fully saturated rings. The molecule has 2 aromatic carbocycles. The molecule has 0 spiro atoms. The first kappa shape index (κ1) is 24.8. The molecule has 1 aliphatic rings. The molecule has 1 saturated heterocycles. The van der Waals surface area contributed by atoms with Crippen molar-refractivity contribution in [2.75, 3.05) is 18.5 Å². The zero-order valence-corrected chi connectivity index (χ0v) is 20.3. The summed E-state index contributed by atoms with van der Waals surface area (Å²) in [6.07, 6.45) is 7.27. The molecule has 3 heterocycles. The summed E-state index contributed by atoms with van der Waals surface area (Å²) < 4.78 is 36.7. The molecule has 5 rings (SSSR count). The summed E-state index contributed by atoms with van der Waals surface area (Å²) in [5, 5.41) is 8.45. The Morgan fingerprint density at radius 2 is 1.92 bits per heavy atom. The molecular formula is C27H27F2N5O3. The second kappa shape index (κ2) is 11.0. The van der Waals surface area contributed by atoms with Gasteiger partial charge < -0.3 is 14.8 Å². The van der Waals surface area contributed by atoms with Crippen LogP contribution in [0.25, 0.3) is 10.9 Å². The molecule has 8 nitrogen and oxygen atoms in total. The summed E-state index contributed by atoms with van der Waals surface area (Å²) in [6, 6.07) is 12.0. The Morgan fingerprint density at radius 1 is 1.14 bits per heavy atom. The number of anilines is 1. The quantitative estimate of drug-likeness (QED) is 0.320. The van der Waals surface area contributed by atoms with E-state index in [1.165, 1.54) is 12.1 Å². The number of aromatic nitrogens is 4. The third kappa shape index (κ3) is 6.08. The fourth-order valence-corrected chi connectivity index (χ4v) is 4.52. The van der Waals surface area contributed by atoms with E-state index in [9.17, 15) is 13.6 Å². The van der Waals surface area contributed by atoms with Gasteiger partial charge in [-0.1, -0.05) is 24.3 Å². The van der Waals surface area contributed by atoms with E-state index in [1.807, 2.05) is 12.3 Å². The van der Waals surface area contributed by atoms with Crippen molar-refractivity contribution in [3.8, 4) is 5.75 Å². The minimum absolute atomic E-state index is 0.0643. The zero-order valence-electron chi connectivity index (χ0n) is 20.3. The average Bonchev–Trinajstić information content (AvgIpc) is 3.33. The summed E-state index contributed by atoms with van der Waals surface area (Å²) in [5.74, 6) is 0.215. The van der Waals surface area contributed by atoms with Crippen LogP contribution in [0.4, 0.5) is 14.7 Å². The third-order valence-corrected chi connectivity index (χ3v) is 6.48. The van der Waals surface area contributed by atoms with Crippen LogP contribution < -0.4 is 10.1 Å². The molecule has 192 valence electrons. The van der Waals surface area contributed by atoms with Crippen molar-refractivity contribution in [3.63, 3.8) is 0 Å². The Balaban J connectivity index is 1.38. The van der Waals surface area contributed by atoms with Crippen molar-refractivity contribution in [1.82, 2.24) is 19.7 Å². The van der Waals surface area contributed by atoms with Crippen LogP contribution >= 0.6 is 0 Å². The van der Waals surface area contributed by atoms with Crippen molar-refractivity contribution in [2.24, 2.45) is 7.05 Å². The maximum Gasteiger partial charge on any atom is 0.387 e. The van der Waals surface area contributed by atoms with E-state index in [4.69, 9.17) is 4.74 Å². The molecule has 0 radical (unpaired) electrons. The van der Waals surface area contributed by atoms with Gasteiger partial charge in [0.25, 0.3) is 0 Å². The van der Waals surface area contributed by atoms with Gasteiger partial charge in [0.15, 0.2) is 5.78 Å². The monoisotopic (exact) mass is 507 g/mol. The van der Waals surface area contributed by atoms with E-state index in [0.717, 1.165) is 29.4 Å². The summed E-state index contributed by atoms with van der Waals surface area (Å²) in [4.78, 5) is 22.5. The number of hydrogen-bond donors (Lipinski definition) is 1. The fraction of sp³-hybridized carbons (Fsp3) is 0.333. The number of Topliss-reactive ketones (excluding diaryl/α,β-unsaturated/α-hetero) is 1. The minimum Gasteiger partial charge on any atom is -0.435 e. The lowest BCUT2D eigenvalue weighted by Crippen LogP contribution is -2.28. The number of alkyl halides is 2. The molecule has 10 heteroatoms. The number of nitrogens with one attached hydrogen (secondary N) is 1. The summed E-state index contributed by atoms with van der Waals surface area (Å²) >= 11 is 0. The molecule has 37 heavy (non-hydrogen) atoms. The van der Waals surface area contributed by atoms with E-state index in [0.29, 0.717) is 30.2 Å². The number of aryl methyl sites for hydroxylation is 1. The second-order valence-electron chi connectivity index (χ2n) is 9.07. The Kier molecular flexibility index (Phi) is 7.36. The van der Waals surface area contributed by atoms with Gasteiger partial charge in [-0.2, -0.15) is 13.9 Å². The number of fused-ring (bicyclic) bond motifs is 1. The van der Waals surface area contributed by atoms with Crippen molar-refractivity contribution >= 4 is 22.6 Å². The first-order valence-corrected chi connectivity index (χ1v) is 12.1. The molecule has 1 N–H and O–H groups in total. The molecule has 0 saturated carbocycles. The lowest BCUT2D eigenvalue weighted by molar-refractivity contribution is -0.0498. The highest BCUT2D eigenvalue weighted by Crippen LogP contribution is 2.31. The molecule has 0 bridgehead atoms. The number of rotatable bonds is 9. The lowest BCUT2D eigenvalue weighted by atomic mass is 9.87. The van der Waals surface area contributed by atoms with Crippen LogP contribution in [-0.2, 0) is 11.8 Å². The van der Waals surface area contributed by atoms with Crippen molar-refractivity contribution in [2.45, 2.75) is 37.8 Å². The molecule has 1 unspecified atom stereocenters. The lowest BCUT2D eigenvalue weighted by Gasteiger charge is -2.23. The van der Waals surface area contributed by atoms with E-state index in [-0.39, 0.29) is 29.9 Å². The van der Waals surface area contributed by atoms with Gasteiger partial charge in [0.2, 0.25) is 5.95 Å². The highest BCUT2D eigenvalue weighted by atomic mass is 19.3. The van der Waals surface area contributed by atoms with Crippen LogP contribution in [0.2, 0.25) is 0 Å². The van der Waals surface area contributed by atoms with E-state index in [1.54, 1.807) is 48.4 Å². The summed E-state index contributed by atoms with van der Waals surface area (Å²) in [7, 11) is 1.80. The molecule has 0 aliphatic carbocycles. The largest absolute Gasteiger partial charge is 0.435 e. The van der Waals surface area contributed by atoms with Gasteiger partial charge in [0.1, 0.15) is 5.75 Å². The number of carbonyl (C=O) groups is 1. The minimum atomic E-state index is -2.90. The maximum atomic E-state index is 13.4. The van der Waals surface area contributed by atoms with E-state index >= 15 is 0 Å². The predicted octanol–water partition coefficient (Wildman–Crippen LogP) is 4.96. The standard InChI is InChI=1S/C27H27F2N5O3/c1-34-16-20(15-31-34)23(17-4-6-22(7-5-17)37-26(28)29)13-25(35)18-2-3-19-14-30-27(33-24(19)12-18)32-21-8-10-36-11-9-21/h2-7,12,14-16,21,23,26H,8-11,13H2,1H3,(H,30,32,33). The van der Waals surface area contributed by atoms with Gasteiger partial charge in [-0.15, -0.1) is 0 Å². The smallest absolute Gasteiger partial charge is 0.387 e. The average molecular weight is 508 g/mol. The van der Waals surface area contributed by atoms with E-state index in [2.05, 4.69) is 25.1 Å². The fourth-order valence-electron chi connectivity index (χ4n) is 4.52. The number of carbonyl (C=O) groups excluding carboxylic acids is 1. The van der Waals surface area contributed by atoms with Gasteiger partial charge in [-0.3, -0.25) is 9.48 Å². The highest BCUT2D eigenvalue weighted by molar-refractivity contribution is 5.99. The van der Waals surface area contributed by atoms with Crippen LogP contribution in [0.5, 0.6) is 5.75 Å². The van der Waals surface area contributed by atoms with Crippen LogP contribution in [0.1, 0.15) is 46.7 Å². The molecule has 1 atom stereocenters. The second-order valence-corrected chi connectivity index (χ2v) is 9.07. The van der Waals surface area contributed by atoms with Gasteiger partial charge in [-0.25, -0.2) is 9.97 Å². The molecule has 4 aromatic rings. The number of hydrogen-bond acceptors (Lipinski definition) is 7. The van der Waals surface area contributed by atoms with Crippen LogP contribution in [-0.4, -0.2) is 51.4 Å². The summed E-state index contributed by atoms with van der Waals surface area (Å²) in [6.45, 7) is -1.47. The number of benzene rings is 2. The van der Waals surface area contributed by atoms with Crippen molar-refractivity contribution in [1.29, 1.82) is 0 Å². The summed E-state index contributed by atoms with van der Waals surface area (Å²) in [5.41, 5.74) is 2.87. The Morgan fingerprint density at radius 3 is 2.62 bits per heavy atom. The molecule has 1 aliphatic heterocycles. The third-order valence-electron chi connectivity index (χ3n) is 6.48. The Hall–Kier alpha value is -3.92. The number of ether oxygens (including phenoxy) is 2. The topological polar surface area (TPSA) is 91.2 Å². The van der Waals surface area contributed by atoms with Crippen molar-refractivity contribution in [3.05, 3.63) is 77.7 Å². The molecule has 2 aromatic heterocycles. The number of nitrogens with zero attached hydrogens (tertiary/aromatic N) is 4. The van der Waals surface area contributed by atoms with Gasteiger partial charge in [0.05, 0.1) is 11.7 Å².